The molecule has 1 N–H and O–H groups in total. The average Bonchev–Trinajstić information content (AvgIpc) is 3.19. The molecule has 0 aliphatic carbocycles. The SMILES string of the molecule is O=C(CN1C(=O)S/C(=C/c2ccc[nH]2)C1=O)c1ccc([N+](=O)[O-])cc1. The summed E-state index contributed by atoms with van der Waals surface area (Å²) in [5.41, 5.74) is 0.724. The second kappa shape index (κ2) is 6.73. The molecule has 0 bridgehead atoms. The summed E-state index contributed by atoms with van der Waals surface area (Å²) in [5.74, 6) is -1.02. The van der Waals surface area contributed by atoms with Gasteiger partial charge in [0.2, 0.25) is 0 Å². The van der Waals surface area contributed by atoms with Gasteiger partial charge in [-0.05, 0) is 42.1 Å². The minimum absolute atomic E-state index is 0.142. The molecule has 1 saturated heterocycles. The lowest BCUT2D eigenvalue weighted by molar-refractivity contribution is -0.384. The molecule has 9 heteroatoms. The zero-order chi connectivity index (χ0) is 18.0. The second-order valence-corrected chi connectivity index (χ2v) is 6.11. The molecule has 2 heterocycles. The number of nitrogens with zero attached hydrogens (tertiary/aromatic N) is 2. The van der Waals surface area contributed by atoms with Crippen LogP contribution in [0.25, 0.3) is 6.08 Å². The van der Waals surface area contributed by atoms with Gasteiger partial charge in [-0.3, -0.25) is 29.4 Å². The third kappa shape index (κ3) is 3.50. The first-order chi connectivity index (χ1) is 12.0. The van der Waals surface area contributed by atoms with Crippen LogP contribution < -0.4 is 0 Å². The van der Waals surface area contributed by atoms with Gasteiger partial charge in [0.25, 0.3) is 16.8 Å². The summed E-state index contributed by atoms with van der Waals surface area (Å²) >= 11 is 0.761. The lowest BCUT2D eigenvalue weighted by atomic mass is 10.1. The van der Waals surface area contributed by atoms with Crippen LogP contribution in [0.5, 0.6) is 0 Å². The molecular weight excluding hydrogens is 346 g/mol. The number of rotatable bonds is 5. The number of nitrogens with one attached hydrogen (secondary N) is 1. The van der Waals surface area contributed by atoms with Crippen LogP contribution in [0.3, 0.4) is 0 Å². The van der Waals surface area contributed by atoms with Crippen molar-refractivity contribution in [3.63, 3.8) is 0 Å². The Hall–Kier alpha value is -3.20. The third-order valence-corrected chi connectivity index (χ3v) is 4.39. The van der Waals surface area contributed by atoms with E-state index in [1.54, 1.807) is 24.4 Å². The first-order valence-electron chi connectivity index (χ1n) is 7.12. The molecule has 0 radical (unpaired) electrons. The minimum Gasteiger partial charge on any atom is -0.362 e. The van der Waals surface area contributed by atoms with E-state index in [0.717, 1.165) is 16.7 Å². The van der Waals surface area contributed by atoms with Gasteiger partial charge in [-0.25, -0.2) is 0 Å². The number of aromatic amines is 1. The maximum atomic E-state index is 12.3. The fourth-order valence-electron chi connectivity index (χ4n) is 2.22. The van der Waals surface area contributed by atoms with Crippen molar-refractivity contribution >= 4 is 40.5 Å². The van der Waals surface area contributed by atoms with Gasteiger partial charge in [-0.1, -0.05) is 0 Å². The Balaban J connectivity index is 1.73. The molecule has 126 valence electrons. The number of imide groups is 1. The van der Waals surface area contributed by atoms with Gasteiger partial charge in [0, 0.05) is 29.6 Å². The molecular formula is C16H11N3O5S. The zero-order valence-electron chi connectivity index (χ0n) is 12.7. The van der Waals surface area contributed by atoms with Crippen LogP contribution in [0.15, 0.2) is 47.5 Å². The number of carbonyl (C=O) groups excluding carboxylic acids is 3. The van der Waals surface area contributed by atoms with Gasteiger partial charge >= 0.3 is 0 Å². The fourth-order valence-corrected chi connectivity index (χ4v) is 3.04. The van der Waals surface area contributed by atoms with Crippen molar-refractivity contribution in [1.82, 2.24) is 9.88 Å². The van der Waals surface area contributed by atoms with Crippen molar-refractivity contribution in [2.24, 2.45) is 0 Å². The van der Waals surface area contributed by atoms with Crippen LogP contribution in [0.2, 0.25) is 0 Å². The molecule has 25 heavy (non-hydrogen) atoms. The van der Waals surface area contributed by atoms with E-state index in [4.69, 9.17) is 0 Å². The Morgan fingerprint density at radius 3 is 2.56 bits per heavy atom. The quantitative estimate of drug-likeness (QED) is 0.381. The molecule has 8 nitrogen and oxygen atoms in total. The third-order valence-electron chi connectivity index (χ3n) is 3.48. The molecule has 1 aliphatic rings. The molecule has 3 rings (SSSR count). The van der Waals surface area contributed by atoms with E-state index in [2.05, 4.69) is 4.98 Å². The van der Waals surface area contributed by atoms with Crippen molar-refractivity contribution in [2.75, 3.05) is 6.54 Å². The highest BCUT2D eigenvalue weighted by atomic mass is 32.2. The predicted molar refractivity (Wildman–Crippen MR) is 90.9 cm³/mol. The number of nitro groups is 1. The molecule has 2 aromatic rings. The molecule has 0 saturated carbocycles. The first kappa shape index (κ1) is 16.7. The Bertz CT molecular complexity index is 887. The standard InChI is InChI=1S/C16H11N3O5S/c20-13(10-3-5-12(6-4-10)19(23)24)9-18-15(21)14(25-16(18)22)8-11-2-1-7-17-11/h1-8,17H,9H2/b14-8+. The second-order valence-electron chi connectivity index (χ2n) is 5.12. The van der Waals surface area contributed by atoms with Crippen molar-refractivity contribution in [3.8, 4) is 0 Å². The normalized spacial score (nSPS) is 15.8. The number of H-pyrrole nitrogens is 1. The maximum Gasteiger partial charge on any atom is 0.293 e. The highest BCUT2D eigenvalue weighted by Gasteiger charge is 2.36. The number of Topliss-reactive ketones (excluding diaryl/α,β-unsaturated/α-hetero) is 1. The van der Waals surface area contributed by atoms with E-state index in [-0.39, 0.29) is 16.2 Å². The van der Waals surface area contributed by atoms with E-state index < -0.39 is 28.4 Å². The number of hydrogen-bond donors (Lipinski definition) is 1. The topological polar surface area (TPSA) is 113 Å². The maximum absolute atomic E-state index is 12.3. The van der Waals surface area contributed by atoms with Gasteiger partial charge in [0.1, 0.15) is 0 Å². The average molecular weight is 357 g/mol. The number of non-ortho nitro benzene ring substituents is 1. The van der Waals surface area contributed by atoms with E-state index in [1.165, 1.54) is 24.3 Å². The number of benzene rings is 1. The van der Waals surface area contributed by atoms with Crippen molar-refractivity contribution in [2.45, 2.75) is 0 Å². The number of nitro benzene ring substituents is 1. The first-order valence-corrected chi connectivity index (χ1v) is 7.94. The summed E-state index contributed by atoms with van der Waals surface area (Å²) in [6.07, 6.45) is 3.23. The number of carbonyl (C=O) groups is 3. The van der Waals surface area contributed by atoms with Gasteiger partial charge in [0.15, 0.2) is 5.78 Å². The molecule has 1 fully saturated rings. The molecule has 0 spiro atoms. The molecule has 0 atom stereocenters. The van der Waals surface area contributed by atoms with E-state index in [9.17, 15) is 24.5 Å². The smallest absolute Gasteiger partial charge is 0.293 e. The van der Waals surface area contributed by atoms with Crippen LogP contribution in [0.4, 0.5) is 10.5 Å². The predicted octanol–water partition coefficient (Wildman–Crippen LogP) is 2.84. The zero-order valence-corrected chi connectivity index (χ0v) is 13.5. The van der Waals surface area contributed by atoms with E-state index in [1.807, 2.05) is 0 Å². The lowest BCUT2D eigenvalue weighted by Gasteiger charge is -2.11. The minimum atomic E-state index is -0.573. The van der Waals surface area contributed by atoms with Crippen molar-refractivity contribution < 1.29 is 19.3 Å². The number of ketones is 1. The summed E-state index contributed by atoms with van der Waals surface area (Å²) in [4.78, 5) is 50.6. The highest BCUT2D eigenvalue weighted by Crippen LogP contribution is 2.32. The van der Waals surface area contributed by atoms with Crippen molar-refractivity contribution in [3.05, 3.63) is 68.9 Å². The van der Waals surface area contributed by atoms with Crippen LogP contribution in [-0.4, -0.2) is 38.3 Å². The Morgan fingerprint density at radius 1 is 1.24 bits per heavy atom. The van der Waals surface area contributed by atoms with Gasteiger partial charge in [-0.15, -0.1) is 0 Å². The van der Waals surface area contributed by atoms with Crippen LogP contribution in [-0.2, 0) is 4.79 Å². The van der Waals surface area contributed by atoms with E-state index >= 15 is 0 Å². The number of aromatic nitrogens is 1. The Kier molecular flexibility index (Phi) is 4.48. The van der Waals surface area contributed by atoms with Crippen LogP contribution in [0.1, 0.15) is 16.1 Å². The van der Waals surface area contributed by atoms with Crippen LogP contribution >= 0.6 is 11.8 Å². The number of amides is 2. The highest BCUT2D eigenvalue weighted by molar-refractivity contribution is 8.18. The number of thioether (sulfide) groups is 1. The Morgan fingerprint density at radius 2 is 1.96 bits per heavy atom. The Labute approximate surface area is 145 Å². The molecule has 1 aliphatic heterocycles. The fraction of sp³-hybridized carbons (Fsp3) is 0.0625. The molecule has 0 unspecified atom stereocenters. The number of hydrogen-bond acceptors (Lipinski definition) is 6. The van der Waals surface area contributed by atoms with Gasteiger partial charge in [0.05, 0.1) is 16.4 Å². The van der Waals surface area contributed by atoms with Gasteiger partial charge < -0.3 is 4.98 Å². The van der Waals surface area contributed by atoms with Crippen molar-refractivity contribution in [1.29, 1.82) is 0 Å². The van der Waals surface area contributed by atoms with E-state index in [0.29, 0.717) is 5.69 Å². The monoisotopic (exact) mass is 357 g/mol. The largest absolute Gasteiger partial charge is 0.362 e. The van der Waals surface area contributed by atoms with Gasteiger partial charge in [-0.2, -0.15) is 0 Å². The van der Waals surface area contributed by atoms with Crippen LogP contribution in [0, 0.1) is 10.1 Å². The molecule has 1 aromatic heterocycles. The summed E-state index contributed by atoms with van der Waals surface area (Å²) < 4.78 is 0. The summed E-state index contributed by atoms with van der Waals surface area (Å²) in [5, 5.41) is 10.1. The molecule has 1 aromatic carbocycles. The lowest BCUT2D eigenvalue weighted by Crippen LogP contribution is -2.33. The summed E-state index contributed by atoms with van der Waals surface area (Å²) in [6.45, 7) is -0.412. The summed E-state index contributed by atoms with van der Waals surface area (Å²) in [6, 6.07) is 8.51. The summed E-state index contributed by atoms with van der Waals surface area (Å²) in [7, 11) is 0. The molecule has 2 amide bonds.